The van der Waals surface area contributed by atoms with Crippen LogP contribution in [0.1, 0.15) is 5.56 Å². The van der Waals surface area contributed by atoms with Crippen molar-refractivity contribution < 1.29 is 4.74 Å². The van der Waals surface area contributed by atoms with Crippen LogP contribution in [0.5, 0.6) is 11.5 Å². The topological polar surface area (TPSA) is 67.1 Å². The molecule has 0 atom stereocenters. The molecule has 0 saturated heterocycles. The molecule has 108 valence electrons. The maximum atomic E-state index is 10.5. The summed E-state index contributed by atoms with van der Waals surface area (Å²) in [6.07, 6.45) is 3.30. The quantitative estimate of drug-likeness (QED) is 0.476. The first-order valence-corrected chi connectivity index (χ1v) is 6.37. The summed E-state index contributed by atoms with van der Waals surface area (Å²) in [7, 11) is 3.77. The molecular formula is C15H16N4O2. The van der Waals surface area contributed by atoms with Gasteiger partial charge in [-0.15, -0.1) is 4.91 Å². The van der Waals surface area contributed by atoms with E-state index in [1.165, 1.54) is 0 Å². The molecule has 0 saturated carbocycles. The summed E-state index contributed by atoms with van der Waals surface area (Å²) in [5.41, 5.74) is 1.22. The highest BCUT2D eigenvalue weighted by atomic mass is 16.5. The van der Waals surface area contributed by atoms with Crippen molar-refractivity contribution in [1.29, 1.82) is 0 Å². The monoisotopic (exact) mass is 284 g/mol. The molecule has 0 aliphatic carbocycles. The fourth-order valence-electron chi connectivity index (χ4n) is 1.64. The first-order chi connectivity index (χ1) is 10.1. The van der Waals surface area contributed by atoms with E-state index in [4.69, 9.17) is 4.74 Å². The molecule has 0 bridgehead atoms. The lowest BCUT2D eigenvalue weighted by molar-refractivity contribution is 0.478. The van der Waals surface area contributed by atoms with Crippen LogP contribution in [-0.2, 0) is 0 Å². The highest BCUT2D eigenvalue weighted by Crippen LogP contribution is 2.29. The molecule has 0 N–H and O–H groups in total. The number of rotatable bonds is 5. The van der Waals surface area contributed by atoms with Gasteiger partial charge in [-0.3, -0.25) is 0 Å². The minimum Gasteiger partial charge on any atom is -0.457 e. The minimum absolute atomic E-state index is 0.380. The van der Waals surface area contributed by atoms with Gasteiger partial charge in [-0.25, -0.2) is 9.98 Å². The standard InChI is InChI=1S/C15H16N4O2/c1-11-8-12(18-20)4-5-14(11)21-13-6-7-16-15(9-13)17-10-19(2)3/h4-10H,1-3H3. The molecule has 0 spiro atoms. The number of pyridine rings is 1. The summed E-state index contributed by atoms with van der Waals surface area (Å²) < 4.78 is 5.78. The molecule has 2 rings (SSSR count). The summed E-state index contributed by atoms with van der Waals surface area (Å²) in [6, 6.07) is 8.50. The average molecular weight is 284 g/mol. The highest BCUT2D eigenvalue weighted by Gasteiger charge is 2.04. The van der Waals surface area contributed by atoms with Crippen molar-refractivity contribution in [2.24, 2.45) is 10.2 Å². The van der Waals surface area contributed by atoms with E-state index >= 15 is 0 Å². The van der Waals surface area contributed by atoms with Crippen LogP contribution in [0.3, 0.4) is 0 Å². The van der Waals surface area contributed by atoms with Gasteiger partial charge in [0.1, 0.15) is 17.2 Å². The maximum Gasteiger partial charge on any atom is 0.157 e. The van der Waals surface area contributed by atoms with Crippen LogP contribution < -0.4 is 4.74 Å². The van der Waals surface area contributed by atoms with E-state index in [0.29, 0.717) is 23.0 Å². The third-order valence-corrected chi connectivity index (χ3v) is 2.63. The van der Waals surface area contributed by atoms with Crippen molar-refractivity contribution in [2.75, 3.05) is 14.1 Å². The largest absolute Gasteiger partial charge is 0.457 e. The van der Waals surface area contributed by atoms with Crippen LogP contribution in [-0.4, -0.2) is 30.3 Å². The number of benzene rings is 1. The van der Waals surface area contributed by atoms with Crippen LogP contribution >= 0.6 is 0 Å². The van der Waals surface area contributed by atoms with E-state index in [1.807, 2.05) is 25.9 Å². The van der Waals surface area contributed by atoms with E-state index in [2.05, 4.69) is 15.2 Å². The predicted octanol–water partition coefficient (Wildman–Crippen LogP) is 3.80. The first-order valence-electron chi connectivity index (χ1n) is 6.37. The number of nitrogens with zero attached hydrogens (tertiary/aromatic N) is 4. The molecule has 0 unspecified atom stereocenters. The van der Waals surface area contributed by atoms with Gasteiger partial charge in [0.25, 0.3) is 0 Å². The van der Waals surface area contributed by atoms with Gasteiger partial charge < -0.3 is 9.64 Å². The fraction of sp³-hybridized carbons (Fsp3) is 0.200. The molecule has 0 radical (unpaired) electrons. The van der Waals surface area contributed by atoms with Crippen LogP contribution in [0.4, 0.5) is 11.5 Å². The zero-order valence-electron chi connectivity index (χ0n) is 12.1. The third kappa shape index (κ3) is 4.10. The summed E-state index contributed by atoms with van der Waals surface area (Å²) >= 11 is 0. The Labute approximate surface area is 123 Å². The van der Waals surface area contributed by atoms with E-state index in [-0.39, 0.29) is 0 Å². The normalized spacial score (nSPS) is 10.6. The lowest BCUT2D eigenvalue weighted by Crippen LogP contribution is -2.07. The van der Waals surface area contributed by atoms with Gasteiger partial charge in [0.15, 0.2) is 5.82 Å². The number of hydrogen-bond donors (Lipinski definition) is 0. The Morgan fingerprint density at radius 3 is 2.71 bits per heavy atom. The van der Waals surface area contributed by atoms with Crippen LogP contribution in [0, 0.1) is 11.8 Å². The van der Waals surface area contributed by atoms with E-state index in [9.17, 15) is 4.91 Å². The SMILES string of the molecule is Cc1cc(N=O)ccc1Oc1ccnc(N=CN(C)C)c1. The molecule has 2 aromatic rings. The molecule has 0 fully saturated rings. The first kappa shape index (κ1) is 14.6. The van der Waals surface area contributed by atoms with Crippen molar-refractivity contribution in [3.8, 4) is 11.5 Å². The molecule has 6 nitrogen and oxygen atoms in total. The molecule has 1 aromatic heterocycles. The van der Waals surface area contributed by atoms with Gasteiger partial charge in [0, 0.05) is 26.4 Å². The Balaban J connectivity index is 2.20. The van der Waals surface area contributed by atoms with Gasteiger partial charge in [-0.05, 0) is 41.9 Å². The lowest BCUT2D eigenvalue weighted by Gasteiger charge is -2.09. The number of aromatic nitrogens is 1. The summed E-state index contributed by atoms with van der Waals surface area (Å²) in [6.45, 7) is 1.86. The summed E-state index contributed by atoms with van der Waals surface area (Å²) in [4.78, 5) is 20.7. The Morgan fingerprint density at radius 2 is 2.05 bits per heavy atom. The zero-order chi connectivity index (χ0) is 15.2. The predicted molar refractivity (Wildman–Crippen MR) is 82.8 cm³/mol. The van der Waals surface area contributed by atoms with Crippen molar-refractivity contribution >= 4 is 17.8 Å². The Morgan fingerprint density at radius 1 is 1.24 bits per heavy atom. The highest BCUT2D eigenvalue weighted by molar-refractivity contribution is 5.59. The molecule has 1 aromatic carbocycles. The van der Waals surface area contributed by atoms with Crippen molar-refractivity contribution in [2.45, 2.75) is 6.92 Å². The number of ether oxygens (including phenoxy) is 1. The second-order valence-corrected chi connectivity index (χ2v) is 4.70. The van der Waals surface area contributed by atoms with Gasteiger partial charge >= 0.3 is 0 Å². The average Bonchev–Trinajstić information content (AvgIpc) is 2.47. The molecule has 0 aliphatic rings. The molecule has 6 heteroatoms. The Kier molecular flexibility index (Phi) is 4.61. The molecule has 21 heavy (non-hydrogen) atoms. The summed E-state index contributed by atoms with van der Waals surface area (Å²) in [5, 5.41) is 2.90. The van der Waals surface area contributed by atoms with Gasteiger partial charge in [-0.1, -0.05) is 0 Å². The number of aliphatic imine (C=N–C) groups is 1. The molecule has 0 aliphatic heterocycles. The Bertz CT molecular complexity index is 668. The maximum absolute atomic E-state index is 10.5. The third-order valence-electron chi connectivity index (χ3n) is 2.63. The van der Waals surface area contributed by atoms with Crippen LogP contribution in [0.25, 0.3) is 0 Å². The van der Waals surface area contributed by atoms with E-state index < -0.39 is 0 Å². The van der Waals surface area contributed by atoms with E-state index in [0.717, 1.165) is 5.56 Å². The molecule has 0 amide bonds. The van der Waals surface area contributed by atoms with Crippen LogP contribution in [0.15, 0.2) is 46.7 Å². The second-order valence-electron chi connectivity index (χ2n) is 4.70. The van der Waals surface area contributed by atoms with Crippen molar-refractivity contribution in [3.63, 3.8) is 0 Å². The van der Waals surface area contributed by atoms with Gasteiger partial charge in [-0.2, -0.15) is 0 Å². The van der Waals surface area contributed by atoms with E-state index in [1.54, 1.807) is 42.9 Å². The number of nitroso groups, excluding NO2 is 1. The minimum atomic E-state index is 0.380. The number of hydrogen-bond acceptors (Lipinski definition) is 5. The van der Waals surface area contributed by atoms with Crippen molar-refractivity contribution in [3.05, 3.63) is 47.0 Å². The lowest BCUT2D eigenvalue weighted by atomic mass is 10.2. The van der Waals surface area contributed by atoms with Crippen molar-refractivity contribution in [1.82, 2.24) is 9.88 Å². The molecule has 1 heterocycles. The van der Waals surface area contributed by atoms with Gasteiger partial charge in [0.2, 0.25) is 0 Å². The smallest absolute Gasteiger partial charge is 0.157 e. The number of aryl methyl sites for hydroxylation is 1. The Hall–Kier alpha value is -2.76. The second kappa shape index (κ2) is 6.60. The zero-order valence-corrected chi connectivity index (χ0v) is 12.1. The fourth-order valence-corrected chi connectivity index (χ4v) is 1.64. The van der Waals surface area contributed by atoms with Gasteiger partial charge in [0.05, 0.1) is 6.34 Å². The molecular weight excluding hydrogens is 268 g/mol. The summed E-state index contributed by atoms with van der Waals surface area (Å²) in [5.74, 6) is 1.85. The van der Waals surface area contributed by atoms with Crippen LogP contribution in [0.2, 0.25) is 0 Å².